The van der Waals surface area contributed by atoms with E-state index in [4.69, 9.17) is 0 Å². The predicted molar refractivity (Wildman–Crippen MR) is 70.9 cm³/mol. The molecule has 0 saturated heterocycles. The summed E-state index contributed by atoms with van der Waals surface area (Å²) in [5.41, 5.74) is 2.44. The van der Waals surface area contributed by atoms with Gasteiger partial charge < -0.3 is 10.6 Å². The van der Waals surface area contributed by atoms with Gasteiger partial charge in [0, 0.05) is 23.8 Å². The highest BCUT2D eigenvalue weighted by Crippen LogP contribution is 2.24. The van der Waals surface area contributed by atoms with Gasteiger partial charge in [-0.3, -0.25) is 4.79 Å². The summed E-state index contributed by atoms with van der Waals surface area (Å²) in [7, 11) is 0. The minimum atomic E-state index is -4.27. The van der Waals surface area contributed by atoms with Gasteiger partial charge in [-0.05, 0) is 43.5 Å². The number of rotatable bonds is 3. The summed E-state index contributed by atoms with van der Waals surface area (Å²) >= 11 is 0. The van der Waals surface area contributed by atoms with Crippen molar-refractivity contribution in [2.24, 2.45) is 0 Å². The molecule has 2 N–H and O–H groups in total. The molecular formula is C14H17F3N2O. The number of carbonyl (C=O) groups excluding carboxylic acids is 1. The number of alkyl halides is 3. The van der Waals surface area contributed by atoms with E-state index in [9.17, 15) is 18.0 Å². The average Bonchev–Trinajstić information content (AvgIpc) is 2.35. The lowest BCUT2D eigenvalue weighted by atomic mass is 10.0. The number of hydrogen-bond acceptors (Lipinski definition) is 2. The SMILES string of the molecule is CC(CC(F)(F)F)NC(=O)c1ccc2c(c1)CCCN2. The highest BCUT2D eigenvalue weighted by atomic mass is 19.4. The second-order valence-corrected chi connectivity index (χ2v) is 5.10. The molecule has 1 aromatic carbocycles. The number of hydrogen-bond donors (Lipinski definition) is 2. The fourth-order valence-corrected chi connectivity index (χ4v) is 2.32. The Balaban J connectivity index is 2.02. The molecule has 1 aliphatic rings. The van der Waals surface area contributed by atoms with Crippen LogP contribution < -0.4 is 10.6 Å². The molecule has 1 atom stereocenters. The van der Waals surface area contributed by atoms with Crippen molar-refractivity contribution >= 4 is 11.6 Å². The van der Waals surface area contributed by atoms with E-state index in [2.05, 4.69) is 10.6 Å². The minimum absolute atomic E-state index is 0.404. The molecule has 2 rings (SSSR count). The highest BCUT2D eigenvalue weighted by Gasteiger charge is 2.30. The van der Waals surface area contributed by atoms with Crippen LogP contribution in [0, 0.1) is 0 Å². The molecule has 0 bridgehead atoms. The van der Waals surface area contributed by atoms with E-state index >= 15 is 0 Å². The van der Waals surface area contributed by atoms with Gasteiger partial charge in [-0.15, -0.1) is 0 Å². The second kappa shape index (κ2) is 5.73. The molecule has 1 aromatic rings. The maximum atomic E-state index is 12.2. The van der Waals surface area contributed by atoms with Crippen molar-refractivity contribution in [1.29, 1.82) is 0 Å². The largest absolute Gasteiger partial charge is 0.391 e. The molecule has 0 radical (unpaired) electrons. The lowest BCUT2D eigenvalue weighted by Gasteiger charge is -2.19. The van der Waals surface area contributed by atoms with E-state index in [0.717, 1.165) is 30.6 Å². The van der Waals surface area contributed by atoms with Crippen LogP contribution in [0.25, 0.3) is 0 Å². The summed E-state index contributed by atoms with van der Waals surface area (Å²) in [5, 5.41) is 5.60. The van der Waals surface area contributed by atoms with Gasteiger partial charge in [-0.2, -0.15) is 13.2 Å². The molecular weight excluding hydrogens is 269 g/mol. The van der Waals surface area contributed by atoms with Crippen LogP contribution in [0.15, 0.2) is 18.2 Å². The van der Waals surface area contributed by atoms with Crippen molar-refractivity contribution in [3.8, 4) is 0 Å². The molecule has 110 valence electrons. The Labute approximate surface area is 115 Å². The van der Waals surface area contributed by atoms with Gasteiger partial charge in [0.1, 0.15) is 0 Å². The Bertz CT molecular complexity index is 500. The number of carbonyl (C=O) groups is 1. The highest BCUT2D eigenvalue weighted by molar-refractivity contribution is 5.95. The second-order valence-electron chi connectivity index (χ2n) is 5.10. The Kier molecular flexibility index (Phi) is 4.20. The molecule has 1 heterocycles. The average molecular weight is 286 g/mol. The maximum absolute atomic E-state index is 12.2. The molecule has 1 amide bonds. The first-order valence-electron chi connectivity index (χ1n) is 6.59. The Hall–Kier alpha value is -1.72. The lowest BCUT2D eigenvalue weighted by molar-refractivity contribution is -0.138. The first-order valence-corrected chi connectivity index (χ1v) is 6.59. The third kappa shape index (κ3) is 3.88. The normalized spacial score (nSPS) is 16.0. The standard InChI is InChI=1S/C14H17F3N2O/c1-9(8-14(15,16)17)19-13(20)11-4-5-12-10(7-11)3-2-6-18-12/h4-5,7,9,18H,2-3,6,8H2,1H3,(H,19,20). The summed E-state index contributed by atoms with van der Waals surface area (Å²) in [6.07, 6.45) is -3.43. The number of benzene rings is 1. The number of aryl methyl sites for hydroxylation is 1. The van der Waals surface area contributed by atoms with Crippen LogP contribution in [0.3, 0.4) is 0 Å². The van der Waals surface area contributed by atoms with E-state index in [1.807, 2.05) is 0 Å². The van der Waals surface area contributed by atoms with E-state index in [-0.39, 0.29) is 0 Å². The molecule has 20 heavy (non-hydrogen) atoms. The summed E-state index contributed by atoms with van der Waals surface area (Å²) in [5.74, 6) is -0.463. The van der Waals surface area contributed by atoms with Crippen LogP contribution in [0.4, 0.5) is 18.9 Å². The Morgan fingerprint density at radius 2 is 2.20 bits per heavy atom. The van der Waals surface area contributed by atoms with Crippen molar-refractivity contribution in [3.05, 3.63) is 29.3 Å². The smallest absolute Gasteiger partial charge is 0.385 e. The van der Waals surface area contributed by atoms with Crippen LogP contribution in [-0.4, -0.2) is 24.7 Å². The van der Waals surface area contributed by atoms with E-state index < -0.39 is 24.5 Å². The van der Waals surface area contributed by atoms with Gasteiger partial charge in [0.2, 0.25) is 0 Å². The molecule has 0 aromatic heterocycles. The van der Waals surface area contributed by atoms with E-state index in [1.54, 1.807) is 18.2 Å². The monoisotopic (exact) mass is 286 g/mol. The van der Waals surface area contributed by atoms with Crippen LogP contribution >= 0.6 is 0 Å². The van der Waals surface area contributed by atoms with Gasteiger partial charge in [-0.1, -0.05) is 0 Å². The fourth-order valence-electron chi connectivity index (χ4n) is 2.32. The number of halogens is 3. The fraction of sp³-hybridized carbons (Fsp3) is 0.500. The van der Waals surface area contributed by atoms with Gasteiger partial charge in [0.25, 0.3) is 5.91 Å². The van der Waals surface area contributed by atoms with Crippen LogP contribution in [0.5, 0.6) is 0 Å². The quantitative estimate of drug-likeness (QED) is 0.896. The van der Waals surface area contributed by atoms with Gasteiger partial charge >= 0.3 is 6.18 Å². The van der Waals surface area contributed by atoms with Gasteiger partial charge in [0.05, 0.1) is 6.42 Å². The Morgan fingerprint density at radius 1 is 1.45 bits per heavy atom. The maximum Gasteiger partial charge on any atom is 0.391 e. The van der Waals surface area contributed by atoms with Crippen molar-refractivity contribution in [3.63, 3.8) is 0 Å². The molecule has 3 nitrogen and oxygen atoms in total. The van der Waals surface area contributed by atoms with E-state index in [0.29, 0.717) is 5.56 Å². The summed E-state index contributed by atoms with van der Waals surface area (Å²) in [4.78, 5) is 11.9. The third-order valence-electron chi connectivity index (χ3n) is 3.22. The zero-order valence-corrected chi connectivity index (χ0v) is 11.2. The topological polar surface area (TPSA) is 41.1 Å². The van der Waals surface area contributed by atoms with E-state index in [1.165, 1.54) is 6.92 Å². The minimum Gasteiger partial charge on any atom is -0.385 e. The number of nitrogens with one attached hydrogen (secondary N) is 2. The summed E-state index contributed by atoms with van der Waals surface area (Å²) in [6, 6.07) is 4.25. The van der Waals surface area contributed by atoms with Crippen LogP contribution in [0.2, 0.25) is 0 Å². The molecule has 1 aliphatic heterocycles. The van der Waals surface area contributed by atoms with Gasteiger partial charge in [-0.25, -0.2) is 0 Å². The first-order chi connectivity index (χ1) is 9.35. The number of anilines is 1. The van der Waals surface area contributed by atoms with Gasteiger partial charge in [0.15, 0.2) is 0 Å². The predicted octanol–water partition coefficient (Wildman–Crippen LogP) is 3.12. The molecule has 0 spiro atoms. The lowest BCUT2D eigenvalue weighted by Crippen LogP contribution is -2.36. The molecule has 0 saturated carbocycles. The van der Waals surface area contributed by atoms with Crippen molar-refractivity contribution in [2.45, 2.75) is 38.4 Å². The zero-order chi connectivity index (χ0) is 14.8. The summed E-state index contributed by atoms with van der Waals surface area (Å²) < 4.78 is 36.7. The van der Waals surface area contributed by atoms with Crippen molar-refractivity contribution in [1.82, 2.24) is 5.32 Å². The molecule has 1 unspecified atom stereocenters. The molecule has 0 fully saturated rings. The first kappa shape index (κ1) is 14.7. The van der Waals surface area contributed by atoms with Crippen molar-refractivity contribution in [2.75, 3.05) is 11.9 Å². The number of amides is 1. The molecule has 6 heteroatoms. The third-order valence-corrected chi connectivity index (χ3v) is 3.22. The molecule has 0 aliphatic carbocycles. The van der Waals surface area contributed by atoms with Crippen LogP contribution in [-0.2, 0) is 6.42 Å². The Morgan fingerprint density at radius 3 is 2.90 bits per heavy atom. The van der Waals surface area contributed by atoms with Crippen LogP contribution in [0.1, 0.15) is 35.7 Å². The number of fused-ring (bicyclic) bond motifs is 1. The summed E-state index contributed by atoms with van der Waals surface area (Å²) in [6.45, 7) is 2.26. The zero-order valence-electron chi connectivity index (χ0n) is 11.2. The van der Waals surface area contributed by atoms with Crippen molar-refractivity contribution < 1.29 is 18.0 Å².